The molecule has 0 radical (unpaired) electrons. The van der Waals surface area contributed by atoms with E-state index in [9.17, 15) is 4.79 Å². The van der Waals surface area contributed by atoms with Crippen LogP contribution in [0.1, 0.15) is 73.3 Å². The Balaban J connectivity index is 1.51. The minimum absolute atomic E-state index is 0.00270. The minimum Gasteiger partial charge on any atom is -0.467 e. The van der Waals surface area contributed by atoms with Crippen LogP contribution in [0.3, 0.4) is 0 Å². The molecule has 0 amide bonds. The fourth-order valence-corrected chi connectivity index (χ4v) is 5.24. The quantitative estimate of drug-likeness (QED) is 0.411. The van der Waals surface area contributed by atoms with Crippen molar-refractivity contribution >= 4 is 10.9 Å². The minimum atomic E-state index is -0.0243. The zero-order chi connectivity index (χ0) is 23.7. The molecule has 1 aliphatic carbocycles. The summed E-state index contributed by atoms with van der Waals surface area (Å²) in [5.74, 6) is 1.63. The number of aryl methyl sites for hydroxylation is 2. The van der Waals surface area contributed by atoms with Crippen LogP contribution in [0.25, 0.3) is 10.9 Å². The van der Waals surface area contributed by atoms with Gasteiger partial charge in [0, 0.05) is 23.7 Å². The monoisotopic (exact) mass is 460 g/mol. The van der Waals surface area contributed by atoms with E-state index >= 15 is 0 Å². The molecule has 178 valence electrons. The highest BCUT2D eigenvalue weighted by atomic mass is 16.3. The van der Waals surface area contributed by atoms with Crippen LogP contribution in [-0.2, 0) is 13.1 Å². The van der Waals surface area contributed by atoms with Gasteiger partial charge in [-0.15, -0.1) is 5.10 Å². The van der Waals surface area contributed by atoms with Gasteiger partial charge in [-0.2, -0.15) is 0 Å². The van der Waals surface area contributed by atoms with Crippen molar-refractivity contribution in [1.82, 2.24) is 30.1 Å². The molecule has 4 aromatic rings. The number of benzene rings is 1. The molecule has 3 aromatic heterocycles. The third-order valence-corrected chi connectivity index (χ3v) is 7.21. The van der Waals surface area contributed by atoms with Crippen molar-refractivity contribution in [2.75, 3.05) is 0 Å². The lowest BCUT2D eigenvalue weighted by Crippen LogP contribution is -2.39. The van der Waals surface area contributed by atoms with Gasteiger partial charge in [0.05, 0.1) is 12.3 Å². The fourth-order valence-electron chi connectivity index (χ4n) is 5.24. The van der Waals surface area contributed by atoms with Gasteiger partial charge in [-0.1, -0.05) is 19.8 Å². The maximum absolute atomic E-state index is 13.1. The molecule has 1 atom stereocenters. The van der Waals surface area contributed by atoms with Gasteiger partial charge in [-0.05, 0) is 90.4 Å². The van der Waals surface area contributed by atoms with Gasteiger partial charge >= 0.3 is 0 Å². The Morgan fingerprint density at radius 1 is 1.21 bits per heavy atom. The highest BCUT2D eigenvalue weighted by molar-refractivity contribution is 5.80. The summed E-state index contributed by atoms with van der Waals surface area (Å²) in [7, 11) is 0. The number of fused-ring (bicyclic) bond motifs is 1. The lowest BCUT2D eigenvalue weighted by molar-refractivity contribution is 0.112. The zero-order valence-electron chi connectivity index (χ0n) is 20.1. The molecular formula is C26H32N6O2. The number of aromatic nitrogens is 5. The number of hydrogen-bond donors (Lipinski definition) is 1. The largest absolute Gasteiger partial charge is 0.467 e. The molecule has 1 aromatic carbocycles. The van der Waals surface area contributed by atoms with Gasteiger partial charge in [-0.3, -0.25) is 9.69 Å². The first kappa shape index (κ1) is 22.5. The molecule has 5 rings (SSSR count). The van der Waals surface area contributed by atoms with Crippen LogP contribution in [0.4, 0.5) is 0 Å². The van der Waals surface area contributed by atoms with E-state index in [0.717, 1.165) is 47.3 Å². The number of aromatic amines is 1. The van der Waals surface area contributed by atoms with Crippen LogP contribution in [0.15, 0.2) is 45.8 Å². The maximum Gasteiger partial charge on any atom is 0.252 e. The molecule has 1 fully saturated rings. The molecule has 34 heavy (non-hydrogen) atoms. The van der Waals surface area contributed by atoms with Crippen LogP contribution < -0.4 is 5.56 Å². The summed E-state index contributed by atoms with van der Waals surface area (Å²) in [6.07, 6.45) is 7.18. The van der Waals surface area contributed by atoms with Gasteiger partial charge in [-0.25, -0.2) is 4.68 Å². The topological polar surface area (TPSA) is 92.8 Å². The van der Waals surface area contributed by atoms with E-state index < -0.39 is 0 Å². The molecule has 1 saturated carbocycles. The number of H-pyrrole nitrogens is 1. The first-order valence-corrected chi connectivity index (χ1v) is 12.2. The molecule has 0 saturated heterocycles. The molecule has 0 spiro atoms. The van der Waals surface area contributed by atoms with E-state index in [-0.39, 0.29) is 11.6 Å². The SMILES string of the molecule is CC[C@@H](c1nnnn1Cc1ccco1)N(Cc1cc2cc(C)c(C)cc2[nH]c1=O)C1CCCC1. The van der Waals surface area contributed by atoms with E-state index in [4.69, 9.17) is 4.42 Å². The van der Waals surface area contributed by atoms with Crippen molar-refractivity contribution in [3.05, 3.63) is 75.2 Å². The molecule has 0 bridgehead atoms. The van der Waals surface area contributed by atoms with Crippen molar-refractivity contribution in [2.45, 2.75) is 78.0 Å². The fraction of sp³-hybridized carbons (Fsp3) is 0.462. The predicted molar refractivity (Wildman–Crippen MR) is 131 cm³/mol. The van der Waals surface area contributed by atoms with Gasteiger partial charge in [0.15, 0.2) is 5.82 Å². The number of furan rings is 1. The summed E-state index contributed by atoms with van der Waals surface area (Å²) in [4.78, 5) is 18.7. The summed E-state index contributed by atoms with van der Waals surface area (Å²) < 4.78 is 7.36. The number of rotatable bonds is 8. The predicted octanol–water partition coefficient (Wildman–Crippen LogP) is 4.67. The molecular weight excluding hydrogens is 428 g/mol. The Labute approximate surface area is 199 Å². The number of hydrogen-bond acceptors (Lipinski definition) is 6. The summed E-state index contributed by atoms with van der Waals surface area (Å²) in [5.41, 5.74) is 4.05. The Morgan fingerprint density at radius 2 is 2.00 bits per heavy atom. The summed E-state index contributed by atoms with van der Waals surface area (Å²) in [6.45, 7) is 7.39. The van der Waals surface area contributed by atoms with Crippen LogP contribution >= 0.6 is 0 Å². The molecule has 3 heterocycles. The molecule has 1 N–H and O–H groups in total. The van der Waals surface area contributed by atoms with Crippen molar-refractivity contribution < 1.29 is 4.42 Å². The molecule has 0 unspecified atom stereocenters. The third-order valence-electron chi connectivity index (χ3n) is 7.21. The van der Waals surface area contributed by atoms with Crippen molar-refractivity contribution in [3.8, 4) is 0 Å². The Morgan fingerprint density at radius 3 is 2.74 bits per heavy atom. The highest BCUT2D eigenvalue weighted by Crippen LogP contribution is 2.33. The third kappa shape index (κ3) is 4.42. The van der Waals surface area contributed by atoms with Crippen LogP contribution in [0, 0.1) is 13.8 Å². The van der Waals surface area contributed by atoms with Crippen LogP contribution in [-0.4, -0.2) is 36.1 Å². The standard InChI is InChI=1S/C26H32N6O2/c1-4-24(25-28-29-30-32(25)16-22-10-7-11-34-22)31(21-8-5-6-9-21)15-20-14-19-12-17(2)18(3)13-23(19)27-26(20)33/h7,10-14,21,24H,4-6,8-9,15-16H2,1-3H3,(H,27,33)/t24-/m0/s1. The first-order chi connectivity index (χ1) is 16.5. The normalized spacial score (nSPS) is 15.5. The Kier molecular flexibility index (Phi) is 6.32. The average Bonchev–Trinajstić information content (AvgIpc) is 3.59. The number of pyridine rings is 1. The smallest absolute Gasteiger partial charge is 0.252 e. The highest BCUT2D eigenvalue weighted by Gasteiger charge is 2.32. The van der Waals surface area contributed by atoms with Crippen molar-refractivity contribution in [3.63, 3.8) is 0 Å². The number of nitrogens with zero attached hydrogens (tertiary/aromatic N) is 5. The average molecular weight is 461 g/mol. The van der Waals surface area contributed by atoms with Gasteiger partial charge < -0.3 is 9.40 Å². The van der Waals surface area contributed by atoms with Gasteiger partial charge in [0.25, 0.3) is 5.56 Å². The number of tetrazole rings is 1. The second-order valence-electron chi connectivity index (χ2n) is 9.46. The van der Waals surface area contributed by atoms with Crippen molar-refractivity contribution in [1.29, 1.82) is 0 Å². The van der Waals surface area contributed by atoms with E-state index in [2.05, 4.69) is 64.4 Å². The van der Waals surface area contributed by atoms with E-state index in [1.54, 1.807) is 6.26 Å². The molecule has 8 nitrogen and oxygen atoms in total. The summed E-state index contributed by atoms with van der Waals surface area (Å²) in [6, 6.07) is 10.5. The second kappa shape index (κ2) is 9.54. The van der Waals surface area contributed by atoms with Crippen molar-refractivity contribution in [2.24, 2.45) is 0 Å². The molecule has 0 aliphatic heterocycles. The van der Waals surface area contributed by atoms with E-state index in [1.807, 2.05) is 16.8 Å². The lowest BCUT2D eigenvalue weighted by atomic mass is 10.0. The van der Waals surface area contributed by atoms with E-state index in [1.165, 1.54) is 24.0 Å². The summed E-state index contributed by atoms with van der Waals surface area (Å²) in [5, 5.41) is 13.7. The maximum atomic E-state index is 13.1. The molecule has 8 heteroatoms. The first-order valence-electron chi connectivity index (χ1n) is 12.2. The molecule has 1 aliphatic rings. The Bertz CT molecular complexity index is 1320. The van der Waals surface area contributed by atoms with Gasteiger partial charge in [0.1, 0.15) is 12.3 Å². The zero-order valence-corrected chi connectivity index (χ0v) is 20.1. The lowest BCUT2D eigenvalue weighted by Gasteiger charge is -2.35. The van der Waals surface area contributed by atoms with Gasteiger partial charge in [0.2, 0.25) is 0 Å². The second-order valence-corrected chi connectivity index (χ2v) is 9.46. The van der Waals surface area contributed by atoms with Crippen LogP contribution in [0.5, 0.6) is 0 Å². The van der Waals surface area contributed by atoms with E-state index in [0.29, 0.717) is 19.1 Å². The number of nitrogens with one attached hydrogen (secondary N) is 1. The summed E-state index contributed by atoms with van der Waals surface area (Å²) >= 11 is 0. The Hall–Kier alpha value is -3.26. The van der Waals surface area contributed by atoms with Crippen LogP contribution in [0.2, 0.25) is 0 Å².